The molecule has 0 saturated heterocycles. The van der Waals surface area contributed by atoms with Crippen LogP contribution in [0.1, 0.15) is 5.56 Å². The summed E-state index contributed by atoms with van der Waals surface area (Å²) in [5.74, 6) is -0.373. The van der Waals surface area contributed by atoms with Crippen LogP contribution in [0.5, 0.6) is 0 Å². The standard InChI is InChI=1S/C12H10N2O2S/c1-17-10-4-2-3-9(8(10)7-13)14-11-5-6-12(15)16-11/h2-6,11,14H,1H3. The van der Waals surface area contributed by atoms with Crippen molar-refractivity contribution in [3.63, 3.8) is 0 Å². The van der Waals surface area contributed by atoms with Crippen molar-refractivity contribution >= 4 is 23.4 Å². The maximum atomic E-state index is 10.9. The largest absolute Gasteiger partial charge is 0.435 e. The molecule has 0 amide bonds. The third-order valence-electron chi connectivity index (χ3n) is 2.31. The van der Waals surface area contributed by atoms with Gasteiger partial charge in [-0.3, -0.25) is 0 Å². The Morgan fingerprint density at radius 2 is 2.35 bits per heavy atom. The number of cyclic esters (lactones) is 1. The van der Waals surface area contributed by atoms with E-state index in [4.69, 9.17) is 10.00 Å². The van der Waals surface area contributed by atoms with Crippen LogP contribution in [0.25, 0.3) is 0 Å². The minimum absolute atomic E-state index is 0.373. The van der Waals surface area contributed by atoms with Crippen LogP contribution in [0.15, 0.2) is 35.2 Å². The van der Waals surface area contributed by atoms with Gasteiger partial charge >= 0.3 is 5.97 Å². The zero-order chi connectivity index (χ0) is 12.3. The normalized spacial score (nSPS) is 17.6. The number of hydrogen-bond donors (Lipinski definition) is 1. The third-order valence-corrected chi connectivity index (χ3v) is 3.09. The molecule has 1 aliphatic rings. The van der Waals surface area contributed by atoms with Gasteiger partial charge in [0.1, 0.15) is 6.07 Å². The second kappa shape index (κ2) is 4.93. The number of rotatable bonds is 3. The van der Waals surface area contributed by atoms with Gasteiger partial charge in [-0.15, -0.1) is 11.8 Å². The van der Waals surface area contributed by atoms with Crippen molar-refractivity contribution in [3.8, 4) is 6.07 Å². The smallest absolute Gasteiger partial charge is 0.332 e. The van der Waals surface area contributed by atoms with Gasteiger partial charge in [0.05, 0.1) is 11.3 Å². The number of nitrogens with one attached hydrogen (secondary N) is 1. The van der Waals surface area contributed by atoms with E-state index in [9.17, 15) is 4.79 Å². The fourth-order valence-electron chi connectivity index (χ4n) is 1.54. The van der Waals surface area contributed by atoms with Gasteiger partial charge in [-0.1, -0.05) is 6.07 Å². The van der Waals surface area contributed by atoms with E-state index in [1.165, 1.54) is 17.8 Å². The molecule has 5 heteroatoms. The average Bonchev–Trinajstić information content (AvgIpc) is 2.74. The number of benzene rings is 1. The highest BCUT2D eigenvalue weighted by atomic mass is 32.2. The fraction of sp³-hybridized carbons (Fsp3) is 0.167. The zero-order valence-electron chi connectivity index (χ0n) is 9.14. The van der Waals surface area contributed by atoms with Crippen molar-refractivity contribution in [2.45, 2.75) is 11.1 Å². The summed E-state index contributed by atoms with van der Waals surface area (Å²) in [5, 5.41) is 12.1. The first-order valence-corrected chi connectivity index (χ1v) is 6.19. The Hall–Kier alpha value is -1.93. The molecule has 4 nitrogen and oxygen atoms in total. The van der Waals surface area contributed by atoms with E-state index in [0.29, 0.717) is 11.3 Å². The summed E-state index contributed by atoms with van der Waals surface area (Å²) in [4.78, 5) is 11.8. The van der Waals surface area contributed by atoms with E-state index < -0.39 is 6.23 Å². The molecule has 1 atom stereocenters. The van der Waals surface area contributed by atoms with Crippen molar-refractivity contribution in [2.24, 2.45) is 0 Å². The number of hydrogen-bond acceptors (Lipinski definition) is 5. The Kier molecular flexibility index (Phi) is 3.35. The molecule has 1 unspecified atom stereocenters. The highest BCUT2D eigenvalue weighted by Gasteiger charge is 2.18. The number of anilines is 1. The molecule has 1 N–H and O–H groups in total. The zero-order valence-corrected chi connectivity index (χ0v) is 9.95. The molecule has 86 valence electrons. The first-order chi connectivity index (χ1) is 8.24. The van der Waals surface area contributed by atoms with Gasteiger partial charge in [0.2, 0.25) is 0 Å². The average molecular weight is 246 g/mol. The second-order valence-electron chi connectivity index (χ2n) is 3.36. The summed E-state index contributed by atoms with van der Waals surface area (Å²) < 4.78 is 4.96. The molecular formula is C12H10N2O2S. The Balaban J connectivity index is 2.24. The number of ether oxygens (including phenoxy) is 1. The van der Waals surface area contributed by atoms with E-state index in [-0.39, 0.29) is 5.97 Å². The van der Waals surface area contributed by atoms with Crippen LogP contribution in [-0.2, 0) is 9.53 Å². The SMILES string of the molecule is CSc1cccc(NC2C=CC(=O)O2)c1C#N. The van der Waals surface area contributed by atoms with E-state index in [1.807, 2.05) is 18.4 Å². The number of nitriles is 1. The predicted molar refractivity (Wildman–Crippen MR) is 65.6 cm³/mol. The summed E-state index contributed by atoms with van der Waals surface area (Å²) >= 11 is 1.50. The lowest BCUT2D eigenvalue weighted by atomic mass is 10.2. The van der Waals surface area contributed by atoms with Crippen molar-refractivity contribution in [2.75, 3.05) is 11.6 Å². The third kappa shape index (κ3) is 2.43. The van der Waals surface area contributed by atoms with E-state index in [1.54, 1.807) is 12.1 Å². The molecule has 0 aliphatic carbocycles. The van der Waals surface area contributed by atoms with Gasteiger partial charge in [0, 0.05) is 11.0 Å². The van der Waals surface area contributed by atoms with Crippen LogP contribution in [0, 0.1) is 11.3 Å². The highest BCUT2D eigenvalue weighted by molar-refractivity contribution is 7.98. The lowest BCUT2D eigenvalue weighted by Crippen LogP contribution is -2.19. The maximum Gasteiger partial charge on any atom is 0.332 e. The molecule has 0 spiro atoms. The molecule has 0 radical (unpaired) electrons. The van der Waals surface area contributed by atoms with Crippen LogP contribution in [-0.4, -0.2) is 18.5 Å². The van der Waals surface area contributed by atoms with Crippen LogP contribution in [0.4, 0.5) is 5.69 Å². The number of thioether (sulfide) groups is 1. The molecule has 17 heavy (non-hydrogen) atoms. The van der Waals surface area contributed by atoms with Crippen molar-refractivity contribution < 1.29 is 9.53 Å². The lowest BCUT2D eigenvalue weighted by molar-refractivity contribution is -0.137. The van der Waals surface area contributed by atoms with Crippen molar-refractivity contribution in [3.05, 3.63) is 35.9 Å². The van der Waals surface area contributed by atoms with Crippen LogP contribution < -0.4 is 5.32 Å². The van der Waals surface area contributed by atoms with Crippen LogP contribution in [0.2, 0.25) is 0 Å². The van der Waals surface area contributed by atoms with Crippen molar-refractivity contribution in [1.82, 2.24) is 0 Å². The van der Waals surface area contributed by atoms with Crippen molar-refractivity contribution in [1.29, 1.82) is 5.26 Å². The van der Waals surface area contributed by atoms with E-state index in [2.05, 4.69) is 11.4 Å². The molecule has 1 aromatic carbocycles. The summed E-state index contributed by atoms with van der Waals surface area (Å²) in [6.45, 7) is 0. The molecule has 1 aromatic rings. The summed E-state index contributed by atoms with van der Waals surface area (Å²) in [6.07, 6.45) is 4.40. The molecule has 0 aromatic heterocycles. The van der Waals surface area contributed by atoms with E-state index in [0.717, 1.165) is 4.90 Å². The second-order valence-corrected chi connectivity index (χ2v) is 4.20. The molecule has 0 saturated carbocycles. The first-order valence-electron chi connectivity index (χ1n) is 4.97. The molecule has 2 rings (SSSR count). The quantitative estimate of drug-likeness (QED) is 0.654. The van der Waals surface area contributed by atoms with Gasteiger partial charge in [-0.25, -0.2) is 4.79 Å². The molecule has 1 heterocycles. The Morgan fingerprint density at radius 1 is 1.53 bits per heavy atom. The number of esters is 1. The lowest BCUT2D eigenvalue weighted by Gasteiger charge is -2.14. The van der Waals surface area contributed by atoms with Crippen LogP contribution >= 0.6 is 11.8 Å². The number of nitrogens with zero attached hydrogens (tertiary/aromatic N) is 1. The summed E-state index contributed by atoms with van der Waals surface area (Å²) in [6, 6.07) is 7.68. The Morgan fingerprint density at radius 3 is 2.94 bits per heavy atom. The minimum Gasteiger partial charge on any atom is -0.435 e. The molecule has 0 fully saturated rings. The topological polar surface area (TPSA) is 62.1 Å². The molecule has 1 aliphatic heterocycles. The van der Waals surface area contributed by atoms with Gasteiger partial charge in [0.15, 0.2) is 6.23 Å². The van der Waals surface area contributed by atoms with Gasteiger partial charge in [-0.2, -0.15) is 5.26 Å². The maximum absolute atomic E-state index is 10.9. The minimum atomic E-state index is -0.494. The fourth-order valence-corrected chi connectivity index (χ4v) is 2.11. The number of carbonyl (C=O) groups is 1. The Labute approximate surface area is 103 Å². The number of carbonyl (C=O) groups excluding carboxylic acids is 1. The monoisotopic (exact) mass is 246 g/mol. The predicted octanol–water partition coefficient (Wildman–Crippen LogP) is 2.13. The summed E-state index contributed by atoms with van der Waals surface area (Å²) in [7, 11) is 0. The molecular weight excluding hydrogens is 236 g/mol. The molecule has 0 bridgehead atoms. The highest BCUT2D eigenvalue weighted by Crippen LogP contribution is 2.27. The summed E-state index contributed by atoms with van der Waals surface area (Å²) in [5.41, 5.74) is 1.24. The Bertz CT molecular complexity index is 520. The van der Waals surface area contributed by atoms with Gasteiger partial charge in [-0.05, 0) is 24.5 Å². The van der Waals surface area contributed by atoms with Gasteiger partial charge < -0.3 is 10.1 Å². The van der Waals surface area contributed by atoms with Gasteiger partial charge in [0.25, 0.3) is 0 Å². The van der Waals surface area contributed by atoms with Crippen LogP contribution in [0.3, 0.4) is 0 Å². The van der Waals surface area contributed by atoms with E-state index >= 15 is 0 Å². The first kappa shape index (κ1) is 11.6.